The van der Waals surface area contributed by atoms with Crippen molar-refractivity contribution in [3.8, 4) is 11.5 Å². The number of aliphatic imine (C=N–C) groups is 1. The fourth-order valence-electron chi connectivity index (χ4n) is 4.13. The molecule has 31 heavy (non-hydrogen) atoms. The summed E-state index contributed by atoms with van der Waals surface area (Å²) in [7, 11) is 1.52. The quantitative estimate of drug-likeness (QED) is 0.366. The number of methoxy groups -OCH3 is 1. The van der Waals surface area contributed by atoms with Gasteiger partial charge in [0.1, 0.15) is 0 Å². The highest BCUT2D eigenvalue weighted by molar-refractivity contribution is 14.1. The molecule has 1 saturated heterocycles. The average molecular weight is 548 g/mol. The lowest BCUT2D eigenvalue weighted by Crippen LogP contribution is -2.44. The van der Waals surface area contributed by atoms with Crippen LogP contribution < -0.4 is 4.74 Å². The first-order valence-corrected chi connectivity index (χ1v) is 12.3. The Balaban J connectivity index is 1.74. The topological polar surface area (TPSA) is 62.1 Å². The van der Waals surface area contributed by atoms with Crippen LogP contribution in [-0.4, -0.2) is 34.2 Å². The number of carbonyl (C=O) groups is 1. The highest BCUT2D eigenvalue weighted by Crippen LogP contribution is 2.41. The van der Waals surface area contributed by atoms with E-state index in [1.807, 2.05) is 47.4 Å². The zero-order valence-corrected chi connectivity index (χ0v) is 20.5. The van der Waals surface area contributed by atoms with E-state index < -0.39 is 0 Å². The van der Waals surface area contributed by atoms with Gasteiger partial charge in [0.15, 0.2) is 16.7 Å². The van der Waals surface area contributed by atoms with Crippen molar-refractivity contribution in [2.75, 3.05) is 7.11 Å². The maximum absolute atomic E-state index is 13.5. The number of rotatable bonds is 4. The highest BCUT2D eigenvalue weighted by atomic mass is 127. The van der Waals surface area contributed by atoms with E-state index in [9.17, 15) is 9.90 Å². The maximum atomic E-state index is 13.5. The van der Waals surface area contributed by atoms with Crippen molar-refractivity contribution in [1.29, 1.82) is 0 Å². The van der Waals surface area contributed by atoms with Gasteiger partial charge >= 0.3 is 0 Å². The molecule has 162 valence electrons. The van der Waals surface area contributed by atoms with Crippen molar-refractivity contribution in [3.63, 3.8) is 0 Å². The lowest BCUT2D eigenvalue weighted by molar-refractivity contribution is -0.124. The van der Waals surface area contributed by atoms with Gasteiger partial charge in [-0.2, -0.15) is 0 Å². The summed E-state index contributed by atoms with van der Waals surface area (Å²) in [4.78, 5) is 20.9. The summed E-state index contributed by atoms with van der Waals surface area (Å²) in [6.07, 6.45) is 6.34. The standard InChI is InChI=1S/C24H25IN2O3S/c1-15-8-6-7-11-19(15)27-23(29)21(31-24(27)26-17-9-4-3-5-10-17)14-16-12-18(25)22(28)20(13-16)30-2/h3-5,9-10,12-15,19,28H,6-8,11H2,1-2H3/b21-14-,26-24?/t15-,19-/m1/s1. The first-order chi connectivity index (χ1) is 15.0. The van der Waals surface area contributed by atoms with Gasteiger partial charge in [-0.1, -0.05) is 38.0 Å². The van der Waals surface area contributed by atoms with E-state index in [0.717, 1.165) is 35.7 Å². The molecule has 0 unspecified atom stereocenters. The molecule has 1 aliphatic carbocycles. The third kappa shape index (κ3) is 4.77. The van der Waals surface area contributed by atoms with Gasteiger partial charge in [0, 0.05) is 6.04 Å². The molecule has 0 aromatic heterocycles. The average Bonchev–Trinajstić information content (AvgIpc) is 3.06. The summed E-state index contributed by atoms with van der Waals surface area (Å²) in [5.74, 6) is 0.943. The van der Waals surface area contributed by atoms with E-state index >= 15 is 0 Å². The number of benzene rings is 2. The smallest absolute Gasteiger partial charge is 0.267 e. The third-order valence-electron chi connectivity index (χ3n) is 5.78. The molecule has 0 bridgehead atoms. The molecule has 2 aromatic carbocycles. The zero-order chi connectivity index (χ0) is 22.0. The second-order valence-electron chi connectivity index (χ2n) is 7.90. The Morgan fingerprint density at radius 1 is 1.23 bits per heavy atom. The fraction of sp³-hybridized carbons (Fsp3) is 0.333. The van der Waals surface area contributed by atoms with Gasteiger partial charge in [-0.3, -0.25) is 9.69 Å². The summed E-state index contributed by atoms with van der Waals surface area (Å²) in [6.45, 7) is 2.23. The number of carbonyl (C=O) groups excluding carboxylic acids is 1. The zero-order valence-electron chi connectivity index (χ0n) is 17.5. The minimum Gasteiger partial charge on any atom is -0.504 e. The van der Waals surface area contributed by atoms with Crippen LogP contribution in [0.4, 0.5) is 5.69 Å². The third-order valence-corrected chi connectivity index (χ3v) is 7.59. The van der Waals surface area contributed by atoms with Gasteiger partial charge in [0.25, 0.3) is 5.91 Å². The van der Waals surface area contributed by atoms with Crippen LogP contribution in [0.2, 0.25) is 0 Å². The number of aromatic hydroxyl groups is 1. The number of amides is 1. The van der Waals surface area contributed by atoms with Crippen molar-refractivity contribution in [2.45, 2.75) is 38.6 Å². The van der Waals surface area contributed by atoms with E-state index in [0.29, 0.717) is 20.1 Å². The Kier molecular flexibility index (Phi) is 6.91. The van der Waals surface area contributed by atoms with Crippen LogP contribution in [0.5, 0.6) is 11.5 Å². The van der Waals surface area contributed by atoms with Crippen LogP contribution in [0.1, 0.15) is 38.2 Å². The number of hydrogen-bond donors (Lipinski definition) is 1. The van der Waals surface area contributed by atoms with Gasteiger partial charge in [-0.25, -0.2) is 4.99 Å². The van der Waals surface area contributed by atoms with Gasteiger partial charge in [-0.05, 0) is 89.0 Å². The minimum absolute atomic E-state index is 0.000445. The van der Waals surface area contributed by atoms with Crippen molar-refractivity contribution in [1.82, 2.24) is 4.90 Å². The number of halogens is 1. The molecule has 2 fully saturated rings. The largest absolute Gasteiger partial charge is 0.504 e. The summed E-state index contributed by atoms with van der Waals surface area (Å²) < 4.78 is 5.95. The number of thioether (sulfide) groups is 1. The van der Waals surface area contributed by atoms with Crippen LogP contribution in [0, 0.1) is 9.49 Å². The van der Waals surface area contributed by atoms with Crippen LogP contribution in [0.25, 0.3) is 6.08 Å². The number of phenols is 1. The predicted octanol–water partition coefficient (Wildman–Crippen LogP) is 6.19. The summed E-state index contributed by atoms with van der Waals surface area (Å²) in [5.41, 5.74) is 1.65. The Labute approximate surface area is 200 Å². The molecule has 5 nitrogen and oxygen atoms in total. The lowest BCUT2D eigenvalue weighted by atomic mass is 9.85. The molecular formula is C24H25IN2O3S. The van der Waals surface area contributed by atoms with Gasteiger partial charge in [0.2, 0.25) is 0 Å². The van der Waals surface area contributed by atoms with Crippen LogP contribution in [0.3, 0.4) is 0 Å². The highest BCUT2D eigenvalue weighted by Gasteiger charge is 2.41. The fourth-order valence-corrected chi connectivity index (χ4v) is 5.80. The minimum atomic E-state index is 0.000445. The first kappa shape index (κ1) is 22.2. The van der Waals surface area contributed by atoms with E-state index in [-0.39, 0.29) is 17.7 Å². The Morgan fingerprint density at radius 3 is 2.68 bits per heavy atom. The van der Waals surface area contributed by atoms with Gasteiger partial charge in [0.05, 0.1) is 21.3 Å². The number of nitrogens with zero attached hydrogens (tertiary/aromatic N) is 2. The van der Waals surface area contributed by atoms with E-state index in [2.05, 4.69) is 29.5 Å². The number of amidine groups is 1. The first-order valence-electron chi connectivity index (χ1n) is 10.4. The number of para-hydroxylation sites is 1. The Bertz CT molecular complexity index is 1040. The molecule has 1 heterocycles. The second kappa shape index (κ2) is 9.65. The normalized spacial score (nSPS) is 24.2. The van der Waals surface area contributed by atoms with Crippen LogP contribution >= 0.6 is 34.4 Å². The summed E-state index contributed by atoms with van der Waals surface area (Å²) >= 11 is 3.48. The lowest BCUT2D eigenvalue weighted by Gasteiger charge is -2.35. The van der Waals surface area contributed by atoms with Crippen molar-refractivity contribution in [2.24, 2.45) is 10.9 Å². The van der Waals surface area contributed by atoms with Crippen LogP contribution in [0.15, 0.2) is 52.4 Å². The number of ether oxygens (including phenoxy) is 1. The molecule has 1 aliphatic heterocycles. The molecule has 2 aromatic rings. The summed E-state index contributed by atoms with van der Waals surface area (Å²) in [6, 6.07) is 13.5. The molecule has 2 aliphatic rings. The molecule has 2 atom stereocenters. The molecule has 1 saturated carbocycles. The van der Waals surface area contributed by atoms with E-state index in [1.165, 1.54) is 25.3 Å². The molecule has 0 spiro atoms. The molecule has 7 heteroatoms. The molecular weight excluding hydrogens is 523 g/mol. The predicted molar refractivity (Wildman–Crippen MR) is 135 cm³/mol. The Hall–Kier alpha value is -2.00. The van der Waals surface area contributed by atoms with Gasteiger partial charge < -0.3 is 9.84 Å². The van der Waals surface area contributed by atoms with E-state index in [1.54, 1.807) is 6.07 Å². The molecule has 4 rings (SSSR count). The van der Waals surface area contributed by atoms with Crippen molar-refractivity contribution in [3.05, 3.63) is 56.5 Å². The maximum Gasteiger partial charge on any atom is 0.267 e. The second-order valence-corrected chi connectivity index (χ2v) is 10.1. The molecule has 0 radical (unpaired) electrons. The monoisotopic (exact) mass is 548 g/mol. The number of phenolic OH excluding ortho intramolecular Hbond substituents is 1. The Morgan fingerprint density at radius 2 is 1.97 bits per heavy atom. The summed E-state index contributed by atoms with van der Waals surface area (Å²) in [5, 5.41) is 10.9. The number of hydrogen-bond acceptors (Lipinski definition) is 5. The SMILES string of the molecule is COc1cc(/C=C2\SC(=Nc3ccccc3)N([C@@H]3CCCC[C@H]3C)C2=O)cc(I)c1O. The van der Waals surface area contributed by atoms with Crippen molar-refractivity contribution < 1.29 is 14.6 Å². The molecule has 1 N–H and O–H groups in total. The molecule has 1 amide bonds. The van der Waals surface area contributed by atoms with Crippen LogP contribution in [-0.2, 0) is 4.79 Å². The van der Waals surface area contributed by atoms with E-state index in [4.69, 9.17) is 9.73 Å². The van der Waals surface area contributed by atoms with Crippen molar-refractivity contribution >= 4 is 57.2 Å². The van der Waals surface area contributed by atoms with Gasteiger partial charge in [-0.15, -0.1) is 0 Å².